The molecule has 27 heavy (non-hydrogen) atoms. The smallest absolute Gasteiger partial charge is 0.243 e. The number of carbonyl (C=O) groups is 1. The van der Waals surface area contributed by atoms with Crippen molar-refractivity contribution in [2.75, 3.05) is 13.1 Å². The molecule has 3 N–H and O–H groups in total. The molecule has 150 valence electrons. The number of hydrogen-bond donors (Lipinski definition) is 2. The van der Waals surface area contributed by atoms with Crippen molar-refractivity contribution in [3.63, 3.8) is 0 Å². The molecule has 3 rings (SSSR count). The molecule has 0 heterocycles. The molecule has 0 radical (unpaired) electrons. The van der Waals surface area contributed by atoms with Gasteiger partial charge < -0.3 is 11.1 Å². The molecule has 0 aromatic heterocycles. The second kappa shape index (κ2) is 7.89. The zero-order valence-electron chi connectivity index (χ0n) is 16.4. The zero-order chi connectivity index (χ0) is 19.8. The van der Waals surface area contributed by atoms with Gasteiger partial charge in [-0.3, -0.25) is 4.79 Å². The highest BCUT2D eigenvalue weighted by molar-refractivity contribution is 7.89. The Morgan fingerprint density at radius 1 is 1.19 bits per heavy atom. The lowest BCUT2D eigenvalue weighted by Crippen LogP contribution is -2.45. The average molecular weight is 394 g/mol. The molecule has 2 saturated carbocycles. The SMILES string of the molecule is CCN(CC)S(=O)(=O)c1ccc(C(C)NC(=O)C2C3CCC(C3)C2N)cc1. The maximum atomic E-state index is 12.7. The van der Waals surface area contributed by atoms with E-state index in [1.807, 2.05) is 20.8 Å². The van der Waals surface area contributed by atoms with Crippen molar-refractivity contribution in [2.24, 2.45) is 23.5 Å². The fraction of sp³-hybridized carbons (Fsp3) is 0.650. The second-order valence-electron chi connectivity index (χ2n) is 7.82. The first kappa shape index (κ1) is 20.3. The molecular formula is C20H31N3O3S. The topological polar surface area (TPSA) is 92.5 Å². The van der Waals surface area contributed by atoms with Gasteiger partial charge in [0.15, 0.2) is 0 Å². The lowest BCUT2D eigenvalue weighted by molar-refractivity contribution is -0.127. The van der Waals surface area contributed by atoms with E-state index in [1.165, 1.54) is 4.31 Å². The molecular weight excluding hydrogens is 362 g/mol. The molecule has 2 fully saturated rings. The van der Waals surface area contributed by atoms with E-state index in [1.54, 1.807) is 24.3 Å². The maximum absolute atomic E-state index is 12.7. The molecule has 2 aliphatic rings. The molecule has 0 saturated heterocycles. The van der Waals surface area contributed by atoms with Gasteiger partial charge in [-0.15, -0.1) is 0 Å². The van der Waals surface area contributed by atoms with Crippen LogP contribution in [0.3, 0.4) is 0 Å². The van der Waals surface area contributed by atoms with Crippen LogP contribution in [0, 0.1) is 17.8 Å². The second-order valence-corrected chi connectivity index (χ2v) is 9.76. The first-order valence-corrected chi connectivity index (χ1v) is 11.4. The summed E-state index contributed by atoms with van der Waals surface area (Å²) in [6.07, 6.45) is 3.32. The van der Waals surface area contributed by atoms with Crippen LogP contribution in [0.2, 0.25) is 0 Å². The van der Waals surface area contributed by atoms with Crippen molar-refractivity contribution < 1.29 is 13.2 Å². The minimum Gasteiger partial charge on any atom is -0.349 e. The summed E-state index contributed by atoms with van der Waals surface area (Å²) in [5, 5.41) is 3.08. The summed E-state index contributed by atoms with van der Waals surface area (Å²) in [5.41, 5.74) is 7.16. The van der Waals surface area contributed by atoms with Gasteiger partial charge in [0.05, 0.1) is 16.9 Å². The van der Waals surface area contributed by atoms with Gasteiger partial charge in [0.1, 0.15) is 0 Å². The monoisotopic (exact) mass is 393 g/mol. The van der Waals surface area contributed by atoms with Gasteiger partial charge in [0, 0.05) is 19.1 Å². The summed E-state index contributed by atoms with van der Waals surface area (Å²) in [7, 11) is -3.46. The number of nitrogens with zero attached hydrogens (tertiary/aromatic N) is 1. The van der Waals surface area contributed by atoms with E-state index in [0.717, 1.165) is 24.8 Å². The predicted molar refractivity (Wildman–Crippen MR) is 105 cm³/mol. The van der Waals surface area contributed by atoms with Crippen molar-refractivity contribution in [1.82, 2.24) is 9.62 Å². The van der Waals surface area contributed by atoms with Gasteiger partial charge in [-0.25, -0.2) is 8.42 Å². The van der Waals surface area contributed by atoms with Crippen molar-refractivity contribution in [3.05, 3.63) is 29.8 Å². The Morgan fingerprint density at radius 3 is 2.30 bits per heavy atom. The zero-order valence-corrected chi connectivity index (χ0v) is 17.2. The summed E-state index contributed by atoms with van der Waals surface area (Å²) in [6, 6.07) is 6.58. The minimum absolute atomic E-state index is 0.0297. The Bertz CT molecular complexity index is 772. The van der Waals surface area contributed by atoms with Crippen LogP contribution < -0.4 is 11.1 Å². The summed E-state index contributed by atoms with van der Waals surface area (Å²) in [4.78, 5) is 13.0. The minimum atomic E-state index is -3.46. The van der Waals surface area contributed by atoms with E-state index >= 15 is 0 Å². The molecule has 6 nitrogen and oxygen atoms in total. The number of benzene rings is 1. The Balaban J connectivity index is 1.67. The third-order valence-corrected chi connectivity index (χ3v) is 8.43. The molecule has 5 atom stereocenters. The van der Waals surface area contributed by atoms with Crippen molar-refractivity contribution in [1.29, 1.82) is 0 Å². The third-order valence-electron chi connectivity index (χ3n) is 6.37. The van der Waals surface area contributed by atoms with Crippen LogP contribution in [0.15, 0.2) is 29.2 Å². The number of nitrogens with two attached hydrogens (primary N) is 1. The van der Waals surface area contributed by atoms with E-state index in [-0.39, 0.29) is 28.8 Å². The van der Waals surface area contributed by atoms with E-state index in [2.05, 4.69) is 5.32 Å². The van der Waals surface area contributed by atoms with Crippen LogP contribution in [0.5, 0.6) is 0 Å². The molecule has 0 spiro atoms. The fourth-order valence-corrected chi connectivity index (χ4v) is 6.22. The molecule has 2 bridgehead atoms. The van der Waals surface area contributed by atoms with Gasteiger partial charge in [0.25, 0.3) is 0 Å². The number of fused-ring (bicyclic) bond motifs is 2. The third kappa shape index (κ3) is 3.77. The van der Waals surface area contributed by atoms with E-state index in [9.17, 15) is 13.2 Å². The number of sulfonamides is 1. The Hall–Kier alpha value is -1.44. The first-order valence-electron chi connectivity index (χ1n) is 9.95. The standard InChI is InChI=1S/C20H31N3O3S/c1-4-23(5-2)27(25,26)17-10-8-14(9-11-17)13(3)22-20(24)18-15-6-7-16(12-15)19(18)21/h8-11,13,15-16,18-19H,4-7,12,21H2,1-3H3,(H,22,24). The molecule has 5 unspecified atom stereocenters. The Morgan fingerprint density at radius 2 is 1.78 bits per heavy atom. The molecule has 0 aliphatic heterocycles. The normalized spacial score (nSPS) is 28.5. The molecule has 1 aromatic rings. The summed E-state index contributed by atoms with van der Waals surface area (Å²) in [5.74, 6) is 0.847. The van der Waals surface area contributed by atoms with Crippen LogP contribution >= 0.6 is 0 Å². The van der Waals surface area contributed by atoms with Crippen LogP contribution in [-0.2, 0) is 14.8 Å². The molecule has 7 heteroatoms. The maximum Gasteiger partial charge on any atom is 0.243 e. The highest BCUT2D eigenvalue weighted by Gasteiger charge is 2.49. The number of amides is 1. The van der Waals surface area contributed by atoms with E-state index < -0.39 is 10.0 Å². The number of carbonyl (C=O) groups excluding carboxylic acids is 1. The largest absolute Gasteiger partial charge is 0.349 e. The highest BCUT2D eigenvalue weighted by Crippen LogP contribution is 2.47. The van der Waals surface area contributed by atoms with Gasteiger partial charge >= 0.3 is 0 Å². The predicted octanol–water partition coefficient (Wildman–Crippen LogP) is 2.27. The summed E-state index contributed by atoms with van der Waals surface area (Å²) in [6.45, 7) is 6.46. The van der Waals surface area contributed by atoms with Crippen LogP contribution in [0.1, 0.15) is 51.6 Å². The average Bonchev–Trinajstić information content (AvgIpc) is 3.23. The highest BCUT2D eigenvalue weighted by atomic mass is 32.2. The summed E-state index contributed by atoms with van der Waals surface area (Å²) < 4.78 is 26.6. The van der Waals surface area contributed by atoms with Gasteiger partial charge in [-0.1, -0.05) is 26.0 Å². The molecule has 1 aromatic carbocycles. The molecule has 2 aliphatic carbocycles. The van der Waals surface area contributed by atoms with E-state index in [4.69, 9.17) is 5.73 Å². The lowest BCUT2D eigenvalue weighted by Gasteiger charge is -2.28. The number of hydrogen-bond acceptors (Lipinski definition) is 4. The van der Waals surface area contributed by atoms with Gasteiger partial charge in [0.2, 0.25) is 15.9 Å². The Kier molecular flexibility index (Phi) is 5.93. The molecule has 1 amide bonds. The summed E-state index contributed by atoms with van der Waals surface area (Å²) >= 11 is 0. The van der Waals surface area contributed by atoms with Crippen molar-refractivity contribution >= 4 is 15.9 Å². The number of nitrogens with one attached hydrogen (secondary N) is 1. The van der Waals surface area contributed by atoms with E-state index in [0.29, 0.717) is 24.9 Å². The van der Waals surface area contributed by atoms with Gasteiger partial charge in [-0.2, -0.15) is 4.31 Å². The van der Waals surface area contributed by atoms with Crippen molar-refractivity contribution in [2.45, 2.75) is 57.0 Å². The Labute approximate surface area is 162 Å². The van der Waals surface area contributed by atoms with Crippen LogP contribution in [-0.4, -0.2) is 37.8 Å². The number of rotatable bonds is 7. The fourth-order valence-electron chi connectivity index (χ4n) is 4.76. The lowest BCUT2D eigenvalue weighted by atomic mass is 9.84. The van der Waals surface area contributed by atoms with Crippen LogP contribution in [0.25, 0.3) is 0 Å². The van der Waals surface area contributed by atoms with Crippen molar-refractivity contribution in [3.8, 4) is 0 Å². The van der Waals surface area contributed by atoms with Gasteiger partial charge in [-0.05, 0) is 55.7 Å². The van der Waals surface area contributed by atoms with Crippen LogP contribution in [0.4, 0.5) is 0 Å². The first-order chi connectivity index (χ1) is 12.8. The quantitative estimate of drug-likeness (QED) is 0.743.